The first-order valence-electron chi connectivity index (χ1n) is 4.91. The summed E-state index contributed by atoms with van der Waals surface area (Å²) in [5.74, 6) is 0.215. The van der Waals surface area contributed by atoms with Crippen molar-refractivity contribution in [3.8, 4) is 0 Å². The largest absolute Gasteiger partial charge is 0.433 e. The van der Waals surface area contributed by atoms with Crippen molar-refractivity contribution in [1.29, 1.82) is 0 Å². The molecule has 0 unspecified atom stereocenters. The minimum atomic E-state index is -0.636. The van der Waals surface area contributed by atoms with Crippen molar-refractivity contribution < 1.29 is 9.34 Å². The van der Waals surface area contributed by atoms with Gasteiger partial charge in [-0.1, -0.05) is 23.2 Å². The standard InChI is InChI=1S/C10H6Cl2N4O3/c11-6-3-8(12)14-9(4-6)15-13-5-7-1-2-10(19-7)16(17)18/h1-5H,(H,14,15)/b13-5-. The van der Waals surface area contributed by atoms with Crippen molar-refractivity contribution in [3.63, 3.8) is 0 Å². The molecule has 0 atom stereocenters. The molecule has 2 aromatic heterocycles. The van der Waals surface area contributed by atoms with Crippen molar-refractivity contribution in [3.05, 3.63) is 50.3 Å². The third-order valence-electron chi connectivity index (χ3n) is 1.92. The van der Waals surface area contributed by atoms with Gasteiger partial charge < -0.3 is 4.42 Å². The van der Waals surface area contributed by atoms with Gasteiger partial charge in [-0.2, -0.15) is 5.10 Å². The van der Waals surface area contributed by atoms with Gasteiger partial charge in [-0.3, -0.25) is 15.5 Å². The van der Waals surface area contributed by atoms with Crippen LogP contribution in [0.3, 0.4) is 0 Å². The van der Waals surface area contributed by atoms with Crippen molar-refractivity contribution in [2.24, 2.45) is 5.10 Å². The normalized spacial score (nSPS) is 10.8. The number of nitrogens with one attached hydrogen (secondary N) is 1. The number of nitro groups is 1. The molecule has 2 aromatic rings. The van der Waals surface area contributed by atoms with E-state index in [1.54, 1.807) is 0 Å². The molecule has 0 fully saturated rings. The van der Waals surface area contributed by atoms with Gasteiger partial charge in [-0.25, -0.2) is 4.98 Å². The van der Waals surface area contributed by atoms with Gasteiger partial charge in [-0.05, 0) is 12.1 Å². The van der Waals surface area contributed by atoms with Crippen LogP contribution in [0.2, 0.25) is 10.2 Å². The molecule has 0 spiro atoms. The van der Waals surface area contributed by atoms with Gasteiger partial charge in [0.2, 0.25) is 0 Å². The number of rotatable bonds is 4. The number of furan rings is 1. The van der Waals surface area contributed by atoms with Crippen LogP contribution in [0.1, 0.15) is 5.76 Å². The van der Waals surface area contributed by atoms with Gasteiger partial charge in [0.25, 0.3) is 0 Å². The zero-order valence-electron chi connectivity index (χ0n) is 9.21. The van der Waals surface area contributed by atoms with E-state index < -0.39 is 4.92 Å². The molecule has 2 rings (SSSR count). The van der Waals surface area contributed by atoms with Crippen LogP contribution in [0.5, 0.6) is 0 Å². The molecule has 0 aliphatic heterocycles. The number of aromatic nitrogens is 1. The van der Waals surface area contributed by atoms with E-state index in [1.165, 1.54) is 30.5 Å². The molecule has 98 valence electrons. The third-order valence-corrected chi connectivity index (χ3v) is 2.33. The lowest BCUT2D eigenvalue weighted by atomic mass is 10.5. The lowest BCUT2D eigenvalue weighted by Crippen LogP contribution is -1.93. The lowest BCUT2D eigenvalue weighted by Gasteiger charge is -1.99. The smallest absolute Gasteiger partial charge is 0.400 e. The molecule has 2 heterocycles. The number of nitrogens with zero attached hydrogens (tertiary/aromatic N) is 3. The second-order valence-corrected chi connectivity index (χ2v) is 4.12. The van der Waals surface area contributed by atoms with Crippen LogP contribution < -0.4 is 5.43 Å². The molecule has 9 heteroatoms. The van der Waals surface area contributed by atoms with Crippen molar-refractivity contribution >= 4 is 41.1 Å². The number of pyridine rings is 1. The predicted octanol–water partition coefficient (Wildman–Crippen LogP) is 3.34. The summed E-state index contributed by atoms with van der Waals surface area (Å²) in [7, 11) is 0. The first kappa shape index (κ1) is 13.3. The number of hydrazone groups is 1. The van der Waals surface area contributed by atoms with Crippen LogP contribution in [0, 0.1) is 10.1 Å². The molecular formula is C10H6Cl2N4O3. The van der Waals surface area contributed by atoms with E-state index in [0.717, 1.165) is 0 Å². The summed E-state index contributed by atoms with van der Waals surface area (Å²) in [5, 5.41) is 14.8. The molecule has 0 aromatic carbocycles. The fraction of sp³-hybridized carbons (Fsp3) is 0. The van der Waals surface area contributed by atoms with Crippen LogP contribution in [0.15, 0.2) is 33.8 Å². The Hall–Kier alpha value is -2.12. The number of hydrogen-bond donors (Lipinski definition) is 1. The Morgan fingerprint density at radius 3 is 2.84 bits per heavy atom. The maximum absolute atomic E-state index is 10.4. The summed E-state index contributed by atoms with van der Waals surface area (Å²) in [4.78, 5) is 13.7. The molecule has 0 radical (unpaired) electrons. The molecule has 0 aliphatic carbocycles. The van der Waals surface area contributed by atoms with E-state index in [1.807, 2.05) is 0 Å². The zero-order valence-corrected chi connectivity index (χ0v) is 10.7. The van der Waals surface area contributed by atoms with E-state index in [9.17, 15) is 10.1 Å². The van der Waals surface area contributed by atoms with E-state index in [0.29, 0.717) is 10.8 Å². The van der Waals surface area contributed by atoms with Gasteiger partial charge in [0.15, 0.2) is 5.76 Å². The average molecular weight is 301 g/mol. The molecule has 0 aliphatic rings. The molecule has 19 heavy (non-hydrogen) atoms. The van der Waals surface area contributed by atoms with Crippen LogP contribution in [0.25, 0.3) is 0 Å². The summed E-state index contributed by atoms with van der Waals surface area (Å²) in [5.41, 5.74) is 2.57. The van der Waals surface area contributed by atoms with Crippen molar-refractivity contribution in [2.45, 2.75) is 0 Å². The Morgan fingerprint density at radius 1 is 1.42 bits per heavy atom. The third kappa shape index (κ3) is 3.67. The summed E-state index contributed by atoms with van der Waals surface area (Å²) in [6.45, 7) is 0. The van der Waals surface area contributed by atoms with Gasteiger partial charge in [0, 0.05) is 11.1 Å². The van der Waals surface area contributed by atoms with E-state index in [4.69, 9.17) is 27.6 Å². The molecule has 0 amide bonds. The summed E-state index contributed by atoms with van der Waals surface area (Å²) >= 11 is 11.5. The topological polar surface area (TPSA) is 93.6 Å². The fourth-order valence-corrected chi connectivity index (χ4v) is 1.67. The molecule has 1 N–H and O–H groups in total. The first-order valence-corrected chi connectivity index (χ1v) is 5.66. The fourth-order valence-electron chi connectivity index (χ4n) is 1.19. The van der Waals surface area contributed by atoms with Crippen LogP contribution in [-0.4, -0.2) is 16.1 Å². The van der Waals surface area contributed by atoms with Crippen molar-refractivity contribution in [1.82, 2.24) is 4.98 Å². The van der Waals surface area contributed by atoms with Gasteiger partial charge in [-0.15, -0.1) is 0 Å². The highest BCUT2D eigenvalue weighted by Gasteiger charge is 2.10. The Labute approximate surface area is 117 Å². The highest BCUT2D eigenvalue weighted by atomic mass is 35.5. The SMILES string of the molecule is O=[N+]([O-])c1ccc(/C=N\Nc2cc(Cl)cc(Cl)n2)o1. The van der Waals surface area contributed by atoms with Gasteiger partial charge in [0.1, 0.15) is 15.9 Å². The van der Waals surface area contributed by atoms with Crippen LogP contribution in [0.4, 0.5) is 11.7 Å². The molecule has 0 saturated heterocycles. The highest BCUT2D eigenvalue weighted by molar-refractivity contribution is 6.34. The summed E-state index contributed by atoms with van der Waals surface area (Å²) < 4.78 is 4.87. The van der Waals surface area contributed by atoms with Gasteiger partial charge >= 0.3 is 5.88 Å². The molecular weight excluding hydrogens is 295 g/mol. The zero-order chi connectivity index (χ0) is 13.8. The summed E-state index contributed by atoms with van der Waals surface area (Å²) in [6.07, 6.45) is 1.27. The van der Waals surface area contributed by atoms with Crippen LogP contribution >= 0.6 is 23.2 Å². The molecule has 0 bridgehead atoms. The summed E-state index contributed by atoms with van der Waals surface area (Å²) in [6, 6.07) is 5.65. The Balaban J connectivity index is 2.04. The first-order chi connectivity index (χ1) is 9.04. The number of hydrogen-bond acceptors (Lipinski definition) is 6. The maximum Gasteiger partial charge on any atom is 0.433 e. The van der Waals surface area contributed by atoms with Crippen LogP contribution in [-0.2, 0) is 0 Å². The number of halogens is 2. The monoisotopic (exact) mass is 300 g/mol. The minimum Gasteiger partial charge on any atom is -0.400 e. The van der Waals surface area contributed by atoms with E-state index in [2.05, 4.69) is 15.5 Å². The lowest BCUT2D eigenvalue weighted by molar-refractivity contribution is -0.402. The minimum absolute atomic E-state index is 0.221. The second-order valence-electron chi connectivity index (χ2n) is 3.30. The van der Waals surface area contributed by atoms with E-state index >= 15 is 0 Å². The second kappa shape index (κ2) is 5.68. The Morgan fingerprint density at radius 2 is 2.21 bits per heavy atom. The van der Waals surface area contributed by atoms with Gasteiger partial charge in [0.05, 0.1) is 12.3 Å². The molecule has 7 nitrogen and oxygen atoms in total. The maximum atomic E-state index is 10.4. The van der Waals surface area contributed by atoms with E-state index in [-0.39, 0.29) is 16.8 Å². The molecule has 0 saturated carbocycles. The highest BCUT2D eigenvalue weighted by Crippen LogP contribution is 2.18. The number of anilines is 1. The van der Waals surface area contributed by atoms with Crippen molar-refractivity contribution in [2.75, 3.05) is 5.43 Å². The Kier molecular flexibility index (Phi) is 3.98. The average Bonchev–Trinajstić information content (AvgIpc) is 2.76. The quantitative estimate of drug-likeness (QED) is 0.404. The Bertz CT molecular complexity index is 621. The predicted molar refractivity (Wildman–Crippen MR) is 70.8 cm³/mol.